The van der Waals surface area contributed by atoms with Gasteiger partial charge in [0.1, 0.15) is 0 Å². The summed E-state index contributed by atoms with van der Waals surface area (Å²) in [6.07, 6.45) is 19.1. The van der Waals surface area contributed by atoms with Crippen molar-refractivity contribution in [3.63, 3.8) is 0 Å². The van der Waals surface area contributed by atoms with Crippen LogP contribution in [0, 0.1) is 11.8 Å². The van der Waals surface area contributed by atoms with Crippen LogP contribution in [0.1, 0.15) is 132 Å². The van der Waals surface area contributed by atoms with Crippen molar-refractivity contribution in [2.24, 2.45) is 11.8 Å². The van der Waals surface area contributed by atoms with Crippen LogP contribution in [0.4, 0.5) is 0 Å². The Morgan fingerprint density at radius 3 is 1.58 bits per heavy atom. The minimum Gasteiger partial charge on any atom is -0.295 e. The molecule has 0 heterocycles. The summed E-state index contributed by atoms with van der Waals surface area (Å²) in [6, 6.07) is 0. The van der Waals surface area contributed by atoms with Crippen molar-refractivity contribution >= 4 is 5.78 Å². The lowest BCUT2D eigenvalue weighted by Gasteiger charge is -2.11. The molecule has 0 bridgehead atoms. The predicted molar refractivity (Wildman–Crippen MR) is 122 cm³/mol. The highest BCUT2D eigenvalue weighted by Gasteiger charge is 2.04. The Bertz CT molecular complexity index is 272. The molecule has 0 amide bonds. The van der Waals surface area contributed by atoms with Gasteiger partial charge in [-0.2, -0.15) is 0 Å². The van der Waals surface area contributed by atoms with Crippen molar-refractivity contribution in [3.05, 3.63) is 12.2 Å². The molecule has 1 nitrogen and oxygen atoms in total. The smallest absolute Gasteiger partial charge is 0.155 e. The van der Waals surface area contributed by atoms with Crippen LogP contribution in [0.15, 0.2) is 12.2 Å². The minimum absolute atomic E-state index is 0.257. The van der Waals surface area contributed by atoms with Crippen LogP contribution >= 0.6 is 0 Å². The number of unbranched alkanes of at least 4 members (excludes halogenated alkanes) is 3. The first-order valence-corrected chi connectivity index (χ1v) is 11.8. The van der Waals surface area contributed by atoms with Crippen molar-refractivity contribution in [2.45, 2.75) is 132 Å². The zero-order valence-corrected chi connectivity index (χ0v) is 19.7. The standard InChI is InChI=1S/C14H26O.C9H20.C2H6/c1-4-7-9-13(10-8-5-2)11-12-14(15)6-3;1-4-6-8-9(3)7-5-2;1-2/h11-13H,4-10H2,1-3H3;9H,4-8H2,1-3H3;1-2H3/b12-11-;;. The summed E-state index contributed by atoms with van der Waals surface area (Å²) >= 11 is 0. The molecule has 0 spiro atoms. The molecule has 0 fully saturated rings. The number of allylic oxidation sites excluding steroid dienone is 2. The lowest BCUT2D eigenvalue weighted by atomic mass is 9.95. The van der Waals surface area contributed by atoms with Gasteiger partial charge in [-0.05, 0) is 30.8 Å². The van der Waals surface area contributed by atoms with Crippen LogP contribution in [0.25, 0.3) is 0 Å². The lowest BCUT2D eigenvalue weighted by molar-refractivity contribution is -0.114. The fourth-order valence-corrected chi connectivity index (χ4v) is 2.82. The van der Waals surface area contributed by atoms with Gasteiger partial charge in [0, 0.05) is 6.42 Å². The second kappa shape index (κ2) is 26.6. The van der Waals surface area contributed by atoms with Crippen molar-refractivity contribution in [3.8, 4) is 0 Å². The number of carbonyl (C=O) groups excluding carboxylic acids is 1. The third kappa shape index (κ3) is 25.6. The van der Waals surface area contributed by atoms with E-state index < -0.39 is 0 Å². The van der Waals surface area contributed by atoms with Crippen LogP contribution in [-0.4, -0.2) is 5.78 Å². The number of ketones is 1. The highest BCUT2D eigenvalue weighted by Crippen LogP contribution is 2.17. The van der Waals surface area contributed by atoms with Gasteiger partial charge >= 0.3 is 0 Å². The van der Waals surface area contributed by atoms with Crippen LogP contribution in [-0.2, 0) is 4.79 Å². The van der Waals surface area contributed by atoms with Crippen molar-refractivity contribution in [1.29, 1.82) is 0 Å². The van der Waals surface area contributed by atoms with Crippen LogP contribution < -0.4 is 0 Å². The van der Waals surface area contributed by atoms with Gasteiger partial charge in [-0.3, -0.25) is 4.79 Å². The first-order valence-electron chi connectivity index (χ1n) is 11.8. The average molecular weight is 369 g/mol. The number of hydrogen-bond acceptors (Lipinski definition) is 1. The van der Waals surface area contributed by atoms with E-state index in [-0.39, 0.29) is 5.78 Å². The van der Waals surface area contributed by atoms with E-state index in [4.69, 9.17) is 0 Å². The van der Waals surface area contributed by atoms with Crippen LogP contribution in [0.2, 0.25) is 0 Å². The summed E-state index contributed by atoms with van der Waals surface area (Å²) < 4.78 is 0. The summed E-state index contributed by atoms with van der Waals surface area (Å²) in [5.41, 5.74) is 0. The van der Waals surface area contributed by atoms with Gasteiger partial charge in [-0.1, -0.05) is 119 Å². The Kier molecular flexibility index (Phi) is 30.9. The normalized spacial score (nSPS) is 11.6. The third-order valence-electron chi connectivity index (χ3n) is 4.59. The van der Waals surface area contributed by atoms with Crippen LogP contribution in [0.5, 0.6) is 0 Å². The Labute approximate surface area is 167 Å². The van der Waals surface area contributed by atoms with Gasteiger partial charge in [0.2, 0.25) is 0 Å². The van der Waals surface area contributed by atoms with E-state index in [9.17, 15) is 4.79 Å². The van der Waals surface area contributed by atoms with E-state index in [1.165, 1.54) is 70.6 Å². The molecule has 0 N–H and O–H groups in total. The van der Waals surface area contributed by atoms with Crippen molar-refractivity contribution in [1.82, 2.24) is 0 Å². The monoisotopic (exact) mass is 368 g/mol. The molecule has 0 aromatic heterocycles. The summed E-state index contributed by atoms with van der Waals surface area (Å²) in [5.74, 6) is 1.85. The Morgan fingerprint density at radius 2 is 1.19 bits per heavy atom. The van der Waals surface area contributed by atoms with Gasteiger partial charge in [0.15, 0.2) is 5.78 Å². The first-order chi connectivity index (χ1) is 12.5. The molecule has 0 aliphatic heterocycles. The summed E-state index contributed by atoms with van der Waals surface area (Å²) in [4.78, 5) is 11.2. The van der Waals surface area contributed by atoms with E-state index in [2.05, 4.69) is 40.7 Å². The van der Waals surface area contributed by atoms with Gasteiger partial charge in [0.25, 0.3) is 0 Å². The number of carbonyl (C=O) groups is 1. The molecule has 0 aromatic rings. The van der Waals surface area contributed by atoms with E-state index in [1.807, 2.05) is 20.8 Å². The SMILES string of the molecule is CC.CCCCC(/C=C\C(=O)CC)CCCC.CCCCC(C)CCC. The highest BCUT2D eigenvalue weighted by atomic mass is 16.1. The highest BCUT2D eigenvalue weighted by molar-refractivity contribution is 5.89. The second-order valence-electron chi connectivity index (χ2n) is 7.26. The van der Waals surface area contributed by atoms with Gasteiger partial charge in [-0.15, -0.1) is 0 Å². The van der Waals surface area contributed by atoms with E-state index in [1.54, 1.807) is 6.08 Å². The average Bonchev–Trinajstić information content (AvgIpc) is 2.67. The maximum absolute atomic E-state index is 11.2. The topological polar surface area (TPSA) is 17.1 Å². The number of hydrogen-bond donors (Lipinski definition) is 0. The first kappa shape index (κ1) is 30.1. The fourth-order valence-electron chi connectivity index (χ4n) is 2.82. The molecule has 1 unspecified atom stereocenters. The second-order valence-corrected chi connectivity index (χ2v) is 7.26. The molecule has 0 radical (unpaired) electrons. The molecule has 0 aromatic carbocycles. The maximum atomic E-state index is 11.2. The van der Waals surface area contributed by atoms with Crippen LogP contribution in [0.3, 0.4) is 0 Å². The number of rotatable bonds is 14. The maximum Gasteiger partial charge on any atom is 0.155 e. The quantitative estimate of drug-likeness (QED) is 0.279. The Balaban J connectivity index is -0.000000411. The molecule has 158 valence electrons. The van der Waals surface area contributed by atoms with E-state index in [0.717, 1.165) is 5.92 Å². The molecule has 0 aliphatic rings. The molecule has 0 saturated carbocycles. The molecule has 1 atom stereocenters. The molecule has 0 saturated heterocycles. The van der Waals surface area contributed by atoms with Gasteiger partial charge < -0.3 is 0 Å². The van der Waals surface area contributed by atoms with Gasteiger partial charge in [-0.25, -0.2) is 0 Å². The third-order valence-corrected chi connectivity index (χ3v) is 4.59. The summed E-state index contributed by atoms with van der Waals surface area (Å²) in [5, 5.41) is 0. The summed E-state index contributed by atoms with van der Waals surface area (Å²) in [6.45, 7) is 17.2. The zero-order valence-electron chi connectivity index (χ0n) is 19.7. The Hall–Kier alpha value is -0.590. The van der Waals surface area contributed by atoms with Gasteiger partial charge in [0.05, 0.1) is 0 Å². The van der Waals surface area contributed by atoms with Crippen molar-refractivity contribution < 1.29 is 4.79 Å². The molecule has 1 heteroatoms. The fraction of sp³-hybridized carbons (Fsp3) is 0.880. The summed E-state index contributed by atoms with van der Waals surface area (Å²) in [7, 11) is 0. The molecule has 0 aliphatic carbocycles. The van der Waals surface area contributed by atoms with Crippen molar-refractivity contribution in [2.75, 3.05) is 0 Å². The molecular formula is C25H52O. The predicted octanol–water partition coefficient (Wildman–Crippen LogP) is 9.16. The molecule has 26 heavy (non-hydrogen) atoms. The molecule has 0 rings (SSSR count). The van der Waals surface area contributed by atoms with E-state index >= 15 is 0 Å². The largest absolute Gasteiger partial charge is 0.295 e. The molecular weight excluding hydrogens is 316 g/mol. The van der Waals surface area contributed by atoms with E-state index in [0.29, 0.717) is 12.3 Å². The zero-order chi connectivity index (χ0) is 20.6. The Morgan fingerprint density at radius 1 is 0.731 bits per heavy atom. The minimum atomic E-state index is 0.257. The lowest BCUT2D eigenvalue weighted by Crippen LogP contribution is -1.98.